The van der Waals surface area contributed by atoms with Gasteiger partial charge in [0, 0.05) is 17.5 Å². The zero-order chi connectivity index (χ0) is 17.1. The minimum absolute atomic E-state index is 0.197. The predicted molar refractivity (Wildman–Crippen MR) is 90.4 cm³/mol. The zero-order valence-corrected chi connectivity index (χ0v) is 14.1. The normalized spacial score (nSPS) is 10.8. The Labute approximate surface area is 142 Å². The van der Waals surface area contributed by atoms with E-state index in [0.717, 1.165) is 17.5 Å². The summed E-state index contributed by atoms with van der Waals surface area (Å²) in [5, 5.41) is 9.22. The predicted octanol–water partition coefficient (Wildman–Crippen LogP) is 4.05. The third-order valence-corrected chi connectivity index (χ3v) is 4.33. The van der Waals surface area contributed by atoms with Crippen LogP contribution in [0.15, 0.2) is 34.2 Å². The lowest BCUT2D eigenvalue weighted by atomic mass is 10.1. The Morgan fingerprint density at radius 2 is 2.08 bits per heavy atom. The van der Waals surface area contributed by atoms with Crippen molar-refractivity contribution in [3.8, 4) is 21.8 Å². The molecule has 2 heterocycles. The third-order valence-electron chi connectivity index (χ3n) is 3.47. The summed E-state index contributed by atoms with van der Waals surface area (Å²) in [5.74, 6) is 0.0885. The van der Waals surface area contributed by atoms with Gasteiger partial charge >= 0.3 is 0 Å². The van der Waals surface area contributed by atoms with Crippen molar-refractivity contribution in [3.05, 3.63) is 46.9 Å². The maximum Gasteiger partial charge on any atom is 0.270 e. The van der Waals surface area contributed by atoms with Gasteiger partial charge in [0.1, 0.15) is 28.0 Å². The molecule has 124 valence electrons. The lowest BCUT2D eigenvalue weighted by Crippen LogP contribution is -2.24. The number of halogens is 1. The maximum absolute atomic E-state index is 13.1. The standard InChI is InChI=1S/C17H16FN3O2S/c1-3-8-19-16(22)13-9-24-17(20-13)14-10(2)23-21-15(14)11-4-6-12(18)7-5-11/h4-7,9H,3,8H2,1-2H3,(H,19,22). The number of carbonyl (C=O) groups excluding carboxylic acids is 1. The Morgan fingerprint density at radius 1 is 1.33 bits per heavy atom. The van der Waals surface area contributed by atoms with Crippen molar-refractivity contribution in [2.24, 2.45) is 0 Å². The molecule has 24 heavy (non-hydrogen) atoms. The molecule has 7 heteroatoms. The summed E-state index contributed by atoms with van der Waals surface area (Å²) in [5.41, 5.74) is 2.41. The molecule has 1 N–H and O–H groups in total. The number of amides is 1. The van der Waals surface area contributed by atoms with Gasteiger partial charge in [0.05, 0.1) is 5.56 Å². The van der Waals surface area contributed by atoms with E-state index in [2.05, 4.69) is 15.5 Å². The van der Waals surface area contributed by atoms with E-state index in [1.165, 1.54) is 23.5 Å². The summed E-state index contributed by atoms with van der Waals surface area (Å²) in [6.45, 7) is 4.38. The van der Waals surface area contributed by atoms with Crippen LogP contribution < -0.4 is 5.32 Å². The van der Waals surface area contributed by atoms with E-state index in [1.54, 1.807) is 24.4 Å². The Bertz CT molecular complexity index is 855. The molecule has 0 aliphatic rings. The van der Waals surface area contributed by atoms with Crippen molar-refractivity contribution in [2.45, 2.75) is 20.3 Å². The van der Waals surface area contributed by atoms with Crippen LogP contribution in [-0.4, -0.2) is 22.6 Å². The van der Waals surface area contributed by atoms with Gasteiger partial charge in [-0.2, -0.15) is 0 Å². The van der Waals surface area contributed by atoms with Gasteiger partial charge in [0.15, 0.2) is 0 Å². The van der Waals surface area contributed by atoms with E-state index in [9.17, 15) is 9.18 Å². The molecule has 0 saturated carbocycles. The molecule has 0 spiro atoms. The molecular formula is C17H16FN3O2S. The number of aryl methyl sites for hydroxylation is 1. The van der Waals surface area contributed by atoms with Crippen molar-refractivity contribution >= 4 is 17.2 Å². The highest BCUT2D eigenvalue weighted by Gasteiger charge is 2.21. The molecule has 0 bridgehead atoms. The van der Waals surface area contributed by atoms with Crippen LogP contribution in [0.2, 0.25) is 0 Å². The molecule has 5 nitrogen and oxygen atoms in total. The molecule has 0 radical (unpaired) electrons. The van der Waals surface area contributed by atoms with Gasteiger partial charge in [-0.25, -0.2) is 9.37 Å². The van der Waals surface area contributed by atoms with Gasteiger partial charge in [-0.3, -0.25) is 4.79 Å². The van der Waals surface area contributed by atoms with Gasteiger partial charge in [0.25, 0.3) is 5.91 Å². The van der Waals surface area contributed by atoms with Crippen LogP contribution in [0.25, 0.3) is 21.8 Å². The molecular weight excluding hydrogens is 329 g/mol. The zero-order valence-electron chi connectivity index (χ0n) is 13.3. The molecule has 0 saturated heterocycles. The minimum Gasteiger partial charge on any atom is -0.360 e. The highest BCUT2D eigenvalue weighted by molar-refractivity contribution is 7.13. The summed E-state index contributed by atoms with van der Waals surface area (Å²) in [6.07, 6.45) is 0.863. The Kier molecular flexibility index (Phi) is 4.71. The van der Waals surface area contributed by atoms with Crippen molar-refractivity contribution in [2.75, 3.05) is 6.54 Å². The fourth-order valence-electron chi connectivity index (χ4n) is 2.25. The summed E-state index contributed by atoms with van der Waals surface area (Å²) in [4.78, 5) is 16.4. The Morgan fingerprint density at radius 3 is 2.79 bits per heavy atom. The van der Waals surface area contributed by atoms with Crippen molar-refractivity contribution in [1.82, 2.24) is 15.5 Å². The molecule has 0 atom stereocenters. The highest BCUT2D eigenvalue weighted by atomic mass is 32.1. The van der Waals surface area contributed by atoms with Crippen LogP contribution in [0.1, 0.15) is 29.6 Å². The average Bonchev–Trinajstić information content (AvgIpc) is 3.20. The van der Waals surface area contributed by atoms with E-state index in [-0.39, 0.29) is 11.7 Å². The molecule has 1 amide bonds. The van der Waals surface area contributed by atoms with Crippen molar-refractivity contribution < 1.29 is 13.7 Å². The molecule has 0 fully saturated rings. The molecule has 2 aromatic heterocycles. The first kappa shape index (κ1) is 16.3. The lowest BCUT2D eigenvalue weighted by molar-refractivity contribution is 0.0949. The van der Waals surface area contributed by atoms with Gasteiger partial charge in [-0.05, 0) is 37.6 Å². The van der Waals surface area contributed by atoms with Gasteiger partial charge in [0.2, 0.25) is 0 Å². The second-order valence-corrected chi connectivity index (χ2v) is 6.12. The highest BCUT2D eigenvalue weighted by Crippen LogP contribution is 2.35. The largest absolute Gasteiger partial charge is 0.360 e. The first-order chi connectivity index (χ1) is 11.6. The van der Waals surface area contributed by atoms with E-state index in [4.69, 9.17) is 4.52 Å². The minimum atomic E-state index is -0.315. The fourth-order valence-corrected chi connectivity index (χ4v) is 3.14. The number of hydrogen-bond acceptors (Lipinski definition) is 5. The quantitative estimate of drug-likeness (QED) is 0.757. The topological polar surface area (TPSA) is 68.0 Å². The summed E-state index contributed by atoms with van der Waals surface area (Å²) < 4.78 is 18.4. The van der Waals surface area contributed by atoms with Crippen LogP contribution in [0.3, 0.4) is 0 Å². The van der Waals surface area contributed by atoms with Crippen molar-refractivity contribution in [3.63, 3.8) is 0 Å². The number of hydrogen-bond donors (Lipinski definition) is 1. The molecule has 0 aliphatic heterocycles. The molecule has 1 aromatic carbocycles. The van der Waals surface area contributed by atoms with Crippen LogP contribution in [0, 0.1) is 12.7 Å². The van der Waals surface area contributed by atoms with Gasteiger partial charge in [-0.1, -0.05) is 12.1 Å². The van der Waals surface area contributed by atoms with Crippen molar-refractivity contribution in [1.29, 1.82) is 0 Å². The average molecular weight is 345 g/mol. The molecule has 0 aliphatic carbocycles. The number of benzene rings is 1. The molecule has 3 aromatic rings. The lowest BCUT2D eigenvalue weighted by Gasteiger charge is -2.00. The smallest absolute Gasteiger partial charge is 0.270 e. The van der Waals surface area contributed by atoms with Gasteiger partial charge in [-0.15, -0.1) is 11.3 Å². The summed E-state index contributed by atoms with van der Waals surface area (Å²) in [7, 11) is 0. The number of thiazole rings is 1. The SMILES string of the molecule is CCCNC(=O)c1csc(-c2c(-c3ccc(F)cc3)noc2C)n1. The van der Waals surface area contributed by atoms with E-state index in [0.29, 0.717) is 28.7 Å². The van der Waals surface area contributed by atoms with Crippen LogP contribution >= 0.6 is 11.3 Å². The molecule has 3 rings (SSSR count). The number of nitrogens with zero attached hydrogens (tertiary/aromatic N) is 2. The fraction of sp³-hybridized carbons (Fsp3) is 0.235. The number of aromatic nitrogens is 2. The number of rotatable bonds is 5. The van der Waals surface area contributed by atoms with Gasteiger partial charge < -0.3 is 9.84 Å². The first-order valence-corrected chi connectivity index (χ1v) is 8.44. The Hall–Kier alpha value is -2.54. The second kappa shape index (κ2) is 6.92. The third kappa shape index (κ3) is 3.21. The van der Waals surface area contributed by atoms with Crippen LogP contribution in [0.4, 0.5) is 4.39 Å². The number of nitrogens with one attached hydrogen (secondary N) is 1. The monoisotopic (exact) mass is 345 g/mol. The summed E-state index contributed by atoms with van der Waals surface area (Å²) >= 11 is 1.35. The first-order valence-electron chi connectivity index (χ1n) is 7.56. The number of carbonyl (C=O) groups is 1. The molecule has 0 unspecified atom stereocenters. The van der Waals surface area contributed by atoms with E-state index < -0.39 is 0 Å². The van der Waals surface area contributed by atoms with Crippen LogP contribution in [-0.2, 0) is 0 Å². The van der Waals surface area contributed by atoms with E-state index >= 15 is 0 Å². The van der Waals surface area contributed by atoms with Crippen LogP contribution in [0.5, 0.6) is 0 Å². The maximum atomic E-state index is 13.1. The van der Waals surface area contributed by atoms with E-state index in [1.807, 2.05) is 6.92 Å². The summed E-state index contributed by atoms with van der Waals surface area (Å²) in [6, 6.07) is 6.01. The second-order valence-electron chi connectivity index (χ2n) is 5.26. The Balaban J connectivity index is 1.96.